The van der Waals surface area contributed by atoms with Gasteiger partial charge in [0.15, 0.2) is 0 Å². The molecule has 2 rings (SSSR count). The first-order valence-corrected chi connectivity index (χ1v) is 6.12. The first kappa shape index (κ1) is 13.8. The average molecular weight is 271 g/mol. The van der Waals surface area contributed by atoms with Crippen molar-refractivity contribution in [3.63, 3.8) is 0 Å². The number of benzene rings is 1. The molecule has 0 fully saturated rings. The SMILES string of the molecule is CN(C)c1cccc(NC(=O)c2cccc(NN)n2)c1. The number of nitrogens with one attached hydrogen (secondary N) is 2. The van der Waals surface area contributed by atoms with Crippen LogP contribution >= 0.6 is 0 Å². The van der Waals surface area contributed by atoms with Crippen molar-refractivity contribution in [2.24, 2.45) is 5.84 Å². The topological polar surface area (TPSA) is 83.3 Å². The molecule has 0 unspecified atom stereocenters. The molecule has 1 aromatic carbocycles. The van der Waals surface area contributed by atoms with E-state index in [9.17, 15) is 4.79 Å². The maximum absolute atomic E-state index is 12.1. The molecule has 6 heteroatoms. The number of carbonyl (C=O) groups excluding carboxylic acids is 1. The van der Waals surface area contributed by atoms with Crippen molar-refractivity contribution >= 4 is 23.1 Å². The number of hydrazine groups is 1. The van der Waals surface area contributed by atoms with Gasteiger partial charge in [0.1, 0.15) is 11.5 Å². The fourth-order valence-electron chi connectivity index (χ4n) is 1.70. The van der Waals surface area contributed by atoms with E-state index in [4.69, 9.17) is 5.84 Å². The molecule has 0 aliphatic carbocycles. The highest BCUT2D eigenvalue weighted by Gasteiger charge is 2.08. The fourth-order valence-corrected chi connectivity index (χ4v) is 1.70. The number of hydrogen-bond acceptors (Lipinski definition) is 5. The lowest BCUT2D eigenvalue weighted by molar-refractivity contribution is 0.102. The Labute approximate surface area is 117 Å². The number of hydrogen-bond donors (Lipinski definition) is 3. The van der Waals surface area contributed by atoms with Gasteiger partial charge in [-0.1, -0.05) is 12.1 Å². The zero-order valence-electron chi connectivity index (χ0n) is 11.4. The Balaban J connectivity index is 2.16. The summed E-state index contributed by atoms with van der Waals surface area (Å²) in [4.78, 5) is 18.2. The van der Waals surface area contributed by atoms with Crippen LogP contribution in [0.25, 0.3) is 0 Å². The van der Waals surface area contributed by atoms with Crippen LogP contribution < -0.4 is 21.5 Å². The van der Waals surface area contributed by atoms with E-state index >= 15 is 0 Å². The smallest absolute Gasteiger partial charge is 0.274 e. The molecule has 0 saturated heterocycles. The number of carbonyl (C=O) groups is 1. The molecule has 4 N–H and O–H groups in total. The van der Waals surface area contributed by atoms with Gasteiger partial charge in [-0.3, -0.25) is 4.79 Å². The van der Waals surface area contributed by atoms with Gasteiger partial charge < -0.3 is 15.6 Å². The summed E-state index contributed by atoms with van der Waals surface area (Å²) < 4.78 is 0. The van der Waals surface area contributed by atoms with Crippen LogP contribution in [0.3, 0.4) is 0 Å². The number of amides is 1. The Morgan fingerprint density at radius 3 is 2.65 bits per heavy atom. The van der Waals surface area contributed by atoms with Crippen molar-refractivity contribution in [3.8, 4) is 0 Å². The van der Waals surface area contributed by atoms with Crippen LogP contribution in [-0.2, 0) is 0 Å². The molecule has 0 aliphatic rings. The van der Waals surface area contributed by atoms with Gasteiger partial charge in [-0.25, -0.2) is 10.8 Å². The Morgan fingerprint density at radius 1 is 1.20 bits per heavy atom. The second-order valence-electron chi connectivity index (χ2n) is 4.45. The number of aromatic nitrogens is 1. The van der Waals surface area contributed by atoms with Crippen molar-refractivity contribution in [2.75, 3.05) is 29.7 Å². The van der Waals surface area contributed by atoms with Crippen LogP contribution in [0.2, 0.25) is 0 Å². The highest BCUT2D eigenvalue weighted by atomic mass is 16.1. The third-order valence-corrected chi connectivity index (χ3v) is 2.75. The standard InChI is InChI=1S/C14H17N5O/c1-19(2)11-6-3-5-10(9-11)16-14(20)12-7-4-8-13(17-12)18-15/h3-9H,15H2,1-2H3,(H,16,20)(H,17,18). The van der Waals surface area contributed by atoms with Gasteiger partial charge in [-0.15, -0.1) is 0 Å². The molecule has 0 radical (unpaired) electrons. The van der Waals surface area contributed by atoms with E-state index in [-0.39, 0.29) is 5.91 Å². The lowest BCUT2D eigenvalue weighted by atomic mass is 10.2. The number of pyridine rings is 1. The zero-order valence-corrected chi connectivity index (χ0v) is 11.4. The maximum atomic E-state index is 12.1. The number of anilines is 3. The Kier molecular flexibility index (Phi) is 4.17. The summed E-state index contributed by atoms with van der Waals surface area (Å²) in [5.74, 6) is 5.44. The van der Waals surface area contributed by atoms with Crippen molar-refractivity contribution in [1.82, 2.24) is 4.98 Å². The Hall–Kier alpha value is -2.60. The van der Waals surface area contributed by atoms with Crippen molar-refractivity contribution < 1.29 is 4.79 Å². The minimum absolute atomic E-state index is 0.280. The summed E-state index contributed by atoms with van der Waals surface area (Å²) in [6, 6.07) is 12.6. The largest absolute Gasteiger partial charge is 0.378 e. The second-order valence-corrected chi connectivity index (χ2v) is 4.45. The average Bonchev–Trinajstić information content (AvgIpc) is 2.47. The number of nitrogen functional groups attached to an aromatic ring is 1. The number of rotatable bonds is 4. The molecular formula is C14H17N5O. The highest BCUT2D eigenvalue weighted by Crippen LogP contribution is 2.18. The van der Waals surface area contributed by atoms with Gasteiger partial charge in [-0.2, -0.15) is 0 Å². The summed E-state index contributed by atoms with van der Waals surface area (Å²) in [5.41, 5.74) is 4.44. The van der Waals surface area contributed by atoms with Crippen molar-refractivity contribution in [3.05, 3.63) is 48.2 Å². The molecule has 2 aromatic rings. The summed E-state index contributed by atoms with van der Waals surface area (Å²) in [6.45, 7) is 0. The van der Waals surface area contributed by atoms with Crippen LogP contribution in [0.1, 0.15) is 10.5 Å². The summed E-state index contributed by atoms with van der Waals surface area (Å²) in [7, 11) is 3.89. The molecule has 0 spiro atoms. The molecule has 20 heavy (non-hydrogen) atoms. The molecule has 0 saturated carbocycles. The monoisotopic (exact) mass is 271 g/mol. The van der Waals surface area contributed by atoms with Gasteiger partial charge in [0, 0.05) is 25.5 Å². The van der Waals surface area contributed by atoms with E-state index in [1.165, 1.54) is 0 Å². The normalized spacial score (nSPS) is 9.95. The predicted molar refractivity (Wildman–Crippen MR) is 80.8 cm³/mol. The van der Waals surface area contributed by atoms with Crippen LogP contribution in [0.5, 0.6) is 0 Å². The lowest BCUT2D eigenvalue weighted by Gasteiger charge is -2.14. The first-order valence-electron chi connectivity index (χ1n) is 6.12. The maximum Gasteiger partial charge on any atom is 0.274 e. The zero-order chi connectivity index (χ0) is 14.5. The van der Waals surface area contributed by atoms with E-state index in [0.717, 1.165) is 5.69 Å². The van der Waals surface area contributed by atoms with E-state index in [0.29, 0.717) is 17.2 Å². The fraction of sp³-hybridized carbons (Fsp3) is 0.143. The molecule has 1 aromatic heterocycles. The van der Waals surface area contributed by atoms with Crippen LogP contribution in [0.4, 0.5) is 17.2 Å². The first-order chi connectivity index (χ1) is 9.60. The Bertz CT molecular complexity index is 612. The second kappa shape index (κ2) is 6.03. The molecule has 0 aliphatic heterocycles. The van der Waals surface area contributed by atoms with Crippen LogP contribution in [0, 0.1) is 0 Å². The van der Waals surface area contributed by atoms with E-state index < -0.39 is 0 Å². The predicted octanol–water partition coefficient (Wildman–Crippen LogP) is 1.69. The van der Waals surface area contributed by atoms with Gasteiger partial charge in [0.25, 0.3) is 5.91 Å². The van der Waals surface area contributed by atoms with Crippen molar-refractivity contribution in [1.29, 1.82) is 0 Å². The third kappa shape index (κ3) is 3.24. The summed E-state index contributed by atoms with van der Waals surface area (Å²) in [5, 5.41) is 2.81. The molecule has 0 atom stereocenters. The molecule has 104 valence electrons. The van der Waals surface area contributed by atoms with Gasteiger partial charge in [0.2, 0.25) is 0 Å². The molecular weight excluding hydrogens is 254 g/mol. The quantitative estimate of drug-likeness (QED) is 0.582. The van der Waals surface area contributed by atoms with Crippen LogP contribution in [-0.4, -0.2) is 25.0 Å². The molecule has 0 bridgehead atoms. The van der Waals surface area contributed by atoms with E-state index in [1.807, 2.05) is 43.3 Å². The number of nitrogens with zero attached hydrogens (tertiary/aromatic N) is 2. The van der Waals surface area contributed by atoms with Gasteiger partial charge in [-0.05, 0) is 30.3 Å². The minimum Gasteiger partial charge on any atom is -0.378 e. The van der Waals surface area contributed by atoms with Crippen molar-refractivity contribution in [2.45, 2.75) is 0 Å². The van der Waals surface area contributed by atoms with Gasteiger partial charge >= 0.3 is 0 Å². The van der Waals surface area contributed by atoms with Gasteiger partial charge in [0.05, 0.1) is 0 Å². The molecule has 1 heterocycles. The Morgan fingerprint density at radius 2 is 1.95 bits per heavy atom. The minimum atomic E-state index is -0.280. The highest BCUT2D eigenvalue weighted by molar-refractivity contribution is 6.03. The summed E-state index contributed by atoms with van der Waals surface area (Å²) in [6.07, 6.45) is 0. The lowest BCUT2D eigenvalue weighted by Crippen LogP contribution is -2.16. The van der Waals surface area contributed by atoms with Crippen LogP contribution in [0.15, 0.2) is 42.5 Å². The van der Waals surface area contributed by atoms with E-state index in [1.54, 1.807) is 18.2 Å². The molecule has 6 nitrogen and oxygen atoms in total. The third-order valence-electron chi connectivity index (χ3n) is 2.75. The molecule has 1 amide bonds. The summed E-state index contributed by atoms with van der Waals surface area (Å²) >= 11 is 0. The number of nitrogens with two attached hydrogens (primary N) is 1. The van der Waals surface area contributed by atoms with E-state index in [2.05, 4.69) is 15.7 Å².